The molecule has 0 heterocycles. The number of benzene rings is 1. The van der Waals surface area contributed by atoms with Crippen LogP contribution in [0, 0.1) is 5.41 Å². The van der Waals surface area contributed by atoms with Crippen LogP contribution in [0.5, 0.6) is 0 Å². The third kappa shape index (κ3) is 5.32. The molecular formula is C21H33N3OS. The van der Waals surface area contributed by atoms with Crippen molar-refractivity contribution in [1.29, 1.82) is 0 Å². The van der Waals surface area contributed by atoms with Crippen LogP contribution >= 0.6 is 0 Å². The summed E-state index contributed by atoms with van der Waals surface area (Å²) in [4.78, 5) is 4.43. The van der Waals surface area contributed by atoms with E-state index in [-0.39, 0.29) is 0 Å². The van der Waals surface area contributed by atoms with E-state index in [9.17, 15) is 4.21 Å². The fraction of sp³-hybridized carbons (Fsp3) is 0.667. The molecule has 0 bridgehead atoms. The lowest BCUT2D eigenvalue weighted by Gasteiger charge is -2.30. The molecule has 2 N–H and O–H groups in total. The van der Waals surface area contributed by atoms with Gasteiger partial charge in [-0.25, -0.2) is 0 Å². The largest absolute Gasteiger partial charge is 0.356 e. The Hall–Kier alpha value is -1.36. The second-order valence-electron chi connectivity index (χ2n) is 7.89. The maximum Gasteiger partial charge on any atom is 0.191 e. The van der Waals surface area contributed by atoms with E-state index in [2.05, 4.69) is 46.0 Å². The van der Waals surface area contributed by atoms with Gasteiger partial charge < -0.3 is 10.6 Å². The van der Waals surface area contributed by atoms with Gasteiger partial charge in [0.2, 0.25) is 0 Å². The number of guanidine groups is 1. The monoisotopic (exact) mass is 375 g/mol. The normalized spacial score (nSPS) is 26.2. The highest BCUT2D eigenvalue weighted by Gasteiger charge is 2.42. The van der Waals surface area contributed by atoms with Gasteiger partial charge in [0.15, 0.2) is 5.96 Å². The fourth-order valence-corrected chi connectivity index (χ4v) is 5.38. The molecule has 2 aliphatic carbocycles. The molecule has 3 rings (SSSR count). The van der Waals surface area contributed by atoms with Crippen LogP contribution in [0.1, 0.15) is 51.0 Å². The van der Waals surface area contributed by atoms with Crippen LogP contribution < -0.4 is 10.6 Å². The number of aliphatic imine (C=N–C) groups is 1. The van der Waals surface area contributed by atoms with Gasteiger partial charge in [-0.1, -0.05) is 43.7 Å². The minimum Gasteiger partial charge on any atom is -0.356 e. The topological polar surface area (TPSA) is 53.5 Å². The van der Waals surface area contributed by atoms with E-state index < -0.39 is 10.8 Å². The average Bonchev–Trinajstić information content (AvgIpc) is 3.45. The summed E-state index contributed by atoms with van der Waals surface area (Å²) in [6.45, 7) is 2.99. The van der Waals surface area contributed by atoms with Crippen molar-refractivity contribution in [3.63, 3.8) is 0 Å². The molecule has 5 heteroatoms. The molecule has 0 saturated heterocycles. The van der Waals surface area contributed by atoms with Crippen LogP contribution in [0.25, 0.3) is 0 Å². The lowest BCUT2D eigenvalue weighted by molar-refractivity contribution is 0.410. The highest BCUT2D eigenvalue weighted by Crippen LogP contribution is 2.47. The Labute approximate surface area is 160 Å². The molecule has 0 aromatic heterocycles. The summed E-state index contributed by atoms with van der Waals surface area (Å²) >= 11 is 0. The summed E-state index contributed by atoms with van der Waals surface area (Å²) in [6, 6.07) is 11.2. The Morgan fingerprint density at radius 1 is 1.27 bits per heavy atom. The SMILES string of the molecule is CCS(=O)C1CCCC(NC(=NC)NCC2(Cc3ccccc3)CC2)C1. The Morgan fingerprint density at radius 3 is 2.69 bits per heavy atom. The molecule has 2 aliphatic rings. The van der Waals surface area contributed by atoms with Gasteiger partial charge in [0.1, 0.15) is 0 Å². The van der Waals surface area contributed by atoms with E-state index >= 15 is 0 Å². The van der Waals surface area contributed by atoms with Crippen molar-refractivity contribution in [3.05, 3.63) is 35.9 Å². The van der Waals surface area contributed by atoms with Gasteiger partial charge in [0.05, 0.1) is 0 Å². The zero-order chi connectivity index (χ0) is 18.4. The Balaban J connectivity index is 1.48. The quantitative estimate of drug-likeness (QED) is 0.568. The van der Waals surface area contributed by atoms with Crippen LogP contribution in [-0.4, -0.2) is 40.8 Å². The van der Waals surface area contributed by atoms with Gasteiger partial charge in [0.25, 0.3) is 0 Å². The molecule has 26 heavy (non-hydrogen) atoms. The highest BCUT2D eigenvalue weighted by molar-refractivity contribution is 7.85. The molecule has 0 radical (unpaired) electrons. The number of hydrogen-bond donors (Lipinski definition) is 2. The molecule has 1 aromatic rings. The lowest BCUT2D eigenvalue weighted by atomic mass is 9.95. The summed E-state index contributed by atoms with van der Waals surface area (Å²) in [5.41, 5.74) is 1.81. The van der Waals surface area contributed by atoms with Crippen LogP contribution in [0.4, 0.5) is 0 Å². The molecule has 1 aromatic carbocycles. The third-order valence-electron chi connectivity index (χ3n) is 5.86. The van der Waals surface area contributed by atoms with Crippen molar-refractivity contribution in [2.24, 2.45) is 10.4 Å². The Morgan fingerprint density at radius 2 is 2.04 bits per heavy atom. The minimum atomic E-state index is -0.682. The van der Waals surface area contributed by atoms with Gasteiger partial charge in [0, 0.05) is 41.4 Å². The predicted octanol–water partition coefficient (Wildman–Crippen LogP) is 3.25. The van der Waals surface area contributed by atoms with Gasteiger partial charge in [-0.15, -0.1) is 0 Å². The molecule has 0 amide bonds. The fourth-order valence-electron chi connectivity index (χ4n) is 4.03. The number of nitrogens with one attached hydrogen (secondary N) is 2. The van der Waals surface area contributed by atoms with Crippen LogP contribution in [-0.2, 0) is 17.2 Å². The van der Waals surface area contributed by atoms with Gasteiger partial charge in [-0.3, -0.25) is 9.20 Å². The summed E-state index contributed by atoms with van der Waals surface area (Å²) in [7, 11) is 1.16. The van der Waals surface area contributed by atoms with E-state index in [0.717, 1.165) is 50.4 Å². The summed E-state index contributed by atoms with van der Waals surface area (Å²) in [6.07, 6.45) is 8.11. The van der Waals surface area contributed by atoms with Crippen molar-refractivity contribution in [1.82, 2.24) is 10.6 Å². The zero-order valence-corrected chi connectivity index (χ0v) is 17.0. The van der Waals surface area contributed by atoms with Crippen LogP contribution in [0.2, 0.25) is 0 Å². The van der Waals surface area contributed by atoms with Crippen molar-refractivity contribution in [2.45, 2.75) is 63.2 Å². The highest BCUT2D eigenvalue weighted by atomic mass is 32.2. The molecule has 3 atom stereocenters. The van der Waals surface area contributed by atoms with E-state index in [1.807, 2.05) is 14.0 Å². The second kappa shape index (κ2) is 9.03. The first-order chi connectivity index (χ1) is 12.6. The van der Waals surface area contributed by atoms with E-state index in [1.165, 1.54) is 18.4 Å². The number of nitrogens with zero attached hydrogens (tertiary/aromatic N) is 1. The molecule has 144 valence electrons. The van der Waals surface area contributed by atoms with E-state index in [0.29, 0.717) is 16.7 Å². The summed E-state index contributed by atoms with van der Waals surface area (Å²) < 4.78 is 12.1. The smallest absolute Gasteiger partial charge is 0.191 e. The molecule has 2 fully saturated rings. The predicted molar refractivity (Wildman–Crippen MR) is 111 cm³/mol. The lowest BCUT2D eigenvalue weighted by Crippen LogP contribution is -2.48. The van der Waals surface area contributed by atoms with Gasteiger partial charge >= 0.3 is 0 Å². The molecular weight excluding hydrogens is 342 g/mol. The molecule has 0 spiro atoms. The number of hydrogen-bond acceptors (Lipinski definition) is 2. The Kier molecular flexibility index (Phi) is 6.74. The van der Waals surface area contributed by atoms with Crippen LogP contribution in [0.15, 0.2) is 35.3 Å². The van der Waals surface area contributed by atoms with E-state index in [4.69, 9.17) is 0 Å². The summed E-state index contributed by atoms with van der Waals surface area (Å²) in [5, 5.41) is 7.49. The maximum atomic E-state index is 12.1. The zero-order valence-electron chi connectivity index (χ0n) is 16.2. The minimum absolute atomic E-state index is 0.345. The first kappa shape index (κ1) is 19.4. The van der Waals surface area contributed by atoms with Crippen molar-refractivity contribution in [3.8, 4) is 0 Å². The maximum absolute atomic E-state index is 12.1. The average molecular weight is 376 g/mol. The summed E-state index contributed by atoms with van der Waals surface area (Å²) in [5.74, 6) is 1.67. The molecule has 3 unspecified atom stereocenters. The van der Waals surface area contributed by atoms with E-state index in [1.54, 1.807) is 0 Å². The van der Waals surface area contributed by atoms with Crippen molar-refractivity contribution in [2.75, 3.05) is 19.3 Å². The first-order valence-corrected chi connectivity index (χ1v) is 11.4. The van der Waals surface area contributed by atoms with Gasteiger partial charge in [-0.05, 0) is 49.5 Å². The number of rotatable bonds is 7. The third-order valence-corrected chi connectivity index (χ3v) is 7.60. The molecule has 2 saturated carbocycles. The van der Waals surface area contributed by atoms with Crippen molar-refractivity contribution >= 4 is 16.8 Å². The standard InChI is InChI=1S/C21H33N3OS/c1-3-26(25)19-11-7-10-18(14-19)24-20(22-2)23-16-21(12-13-21)15-17-8-5-4-6-9-17/h4-6,8-9,18-19H,3,7,10-16H2,1-2H3,(H2,22,23,24). The molecule has 0 aliphatic heterocycles. The van der Waals surface area contributed by atoms with Gasteiger partial charge in [-0.2, -0.15) is 0 Å². The second-order valence-corrected chi connectivity index (χ2v) is 9.89. The first-order valence-electron chi connectivity index (χ1n) is 10.0. The Bertz CT molecular complexity index is 627. The van der Waals surface area contributed by atoms with Crippen LogP contribution in [0.3, 0.4) is 0 Å². The van der Waals surface area contributed by atoms with Crippen molar-refractivity contribution < 1.29 is 4.21 Å². The molecule has 4 nitrogen and oxygen atoms in total.